The van der Waals surface area contributed by atoms with Crippen molar-refractivity contribution >= 4 is 16.8 Å². The van der Waals surface area contributed by atoms with E-state index in [1.165, 1.54) is 6.92 Å². The smallest absolute Gasteiger partial charge is 0.216 e. The van der Waals surface area contributed by atoms with Gasteiger partial charge in [-0.15, -0.1) is 0 Å². The number of carbonyl (C=O) groups excluding carboxylic acids is 1. The summed E-state index contributed by atoms with van der Waals surface area (Å²) < 4.78 is 5.16. The van der Waals surface area contributed by atoms with Crippen LogP contribution in [0.25, 0.3) is 10.9 Å². The molecule has 0 saturated carbocycles. The minimum atomic E-state index is -0.741. The van der Waals surface area contributed by atoms with Crippen LogP contribution >= 0.6 is 0 Å². The Morgan fingerprint density at radius 1 is 1.56 bits per heavy atom. The summed E-state index contributed by atoms with van der Waals surface area (Å²) in [5, 5.41) is 13.5. The lowest BCUT2D eigenvalue weighted by Gasteiger charge is -2.10. The number of fused-ring (bicyclic) bond motifs is 1. The SMILES string of the molecule is COc1ccc2[nH]cc(C(O)CNC(C)=O)c2c1. The zero-order valence-corrected chi connectivity index (χ0v) is 10.4. The van der Waals surface area contributed by atoms with E-state index >= 15 is 0 Å². The molecule has 96 valence electrons. The Balaban J connectivity index is 2.29. The van der Waals surface area contributed by atoms with E-state index in [-0.39, 0.29) is 12.5 Å². The standard InChI is InChI=1S/C13H16N2O3/c1-8(16)14-7-13(17)11-6-15-12-4-3-9(18-2)5-10(11)12/h3-6,13,15,17H,7H2,1-2H3,(H,14,16). The molecule has 2 aromatic rings. The van der Waals surface area contributed by atoms with Crippen LogP contribution in [0.1, 0.15) is 18.6 Å². The van der Waals surface area contributed by atoms with Gasteiger partial charge in [0.25, 0.3) is 0 Å². The molecule has 5 nitrogen and oxygen atoms in total. The number of benzene rings is 1. The Morgan fingerprint density at radius 3 is 3.00 bits per heavy atom. The average molecular weight is 248 g/mol. The Hall–Kier alpha value is -2.01. The second-order valence-corrected chi connectivity index (χ2v) is 4.11. The van der Waals surface area contributed by atoms with E-state index in [9.17, 15) is 9.90 Å². The molecule has 2 rings (SSSR count). The van der Waals surface area contributed by atoms with Crippen molar-refractivity contribution in [2.75, 3.05) is 13.7 Å². The summed E-state index contributed by atoms with van der Waals surface area (Å²) in [5.41, 5.74) is 1.67. The quantitative estimate of drug-likeness (QED) is 0.764. The number of hydrogen-bond acceptors (Lipinski definition) is 3. The van der Waals surface area contributed by atoms with Crippen molar-refractivity contribution in [2.45, 2.75) is 13.0 Å². The van der Waals surface area contributed by atoms with E-state index in [4.69, 9.17) is 4.74 Å². The topological polar surface area (TPSA) is 74.3 Å². The Bertz CT molecular complexity index is 562. The van der Waals surface area contributed by atoms with Crippen molar-refractivity contribution in [1.29, 1.82) is 0 Å². The molecule has 5 heteroatoms. The molecule has 0 spiro atoms. The maximum absolute atomic E-state index is 10.8. The molecule has 1 aromatic carbocycles. The Morgan fingerprint density at radius 2 is 2.33 bits per heavy atom. The molecule has 0 aliphatic rings. The monoisotopic (exact) mass is 248 g/mol. The van der Waals surface area contributed by atoms with Gasteiger partial charge in [0.2, 0.25) is 5.91 Å². The maximum Gasteiger partial charge on any atom is 0.216 e. The van der Waals surface area contributed by atoms with Gasteiger partial charge in [0.1, 0.15) is 5.75 Å². The number of H-pyrrole nitrogens is 1. The largest absolute Gasteiger partial charge is 0.497 e. The van der Waals surface area contributed by atoms with Crippen LogP contribution in [0.5, 0.6) is 5.75 Å². The third-order valence-corrected chi connectivity index (χ3v) is 2.82. The fraction of sp³-hybridized carbons (Fsp3) is 0.308. The van der Waals surface area contributed by atoms with Gasteiger partial charge in [0.05, 0.1) is 13.2 Å². The van der Waals surface area contributed by atoms with Crippen molar-refractivity contribution in [3.05, 3.63) is 30.0 Å². The fourth-order valence-electron chi connectivity index (χ4n) is 1.87. The molecule has 0 aliphatic carbocycles. The summed E-state index contributed by atoms with van der Waals surface area (Å²) in [6, 6.07) is 5.60. The molecule has 18 heavy (non-hydrogen) atoms. The molecule has 3 N–H and O–H groups in total. The molecule has 0 fully saturated rings. The molecule has 1 unspecified atom stereocenters. The van der Waals surface area contributed by atoms with Crippen LogP contribution < -0.4 is 10.1 Å². The number of carbonyl (C=O) groups is 1. The summed E-state index contributed by atoms with van der Waals surface area (Å²) >= 11 is 0. The van der Waals surface area contributed by atoms with Crippen LogP contribution in [-0.2, 0) is 4.79 Å². The highest BCUT2D eigenvalue weighted by Crippen LogP contribution is 2.27. The summed E-state index contributed by atoms with van der Waals surface area (Å²) in [6.07, 6.45) is 1.01. The van der Waals surface area contributed by atoms with E-state index < -0.39 is 6.10 Å². The first kappa shape index (κ1) is 12.4. The third-order valence-electron chi connectivity index (χ3n) is 2.82. The van der Waals surface area contributed by atoms with Crippen LogP contribution in [0, 0.1) is 0 Å². The minimum Gasteiger partial charge on any atom is -0.497 e. The number of aliphatic hydroxyl groups excluding tert-OH is 1. The van der Waals surface area contributed by atoms with Gasteiger partial charge in [-0.25, -0.2) is 0 Å². The van der Waals surface area contributed by atoms with E-state index in [1.54, 1.807) is 13.3 Å². The van der Waals surface area contributed by atoms with Gasteiger partial charge in [-0.05, 0) is 18.2 Å². The zero-order chi connectivity index (χ0) is 13.1. The number of aliphatic hydroxyl groups is 1. The fourth-order valence-corrected chi connectivity index (χ4v) is 1.87. The Kier molecular flexibility index (Phi) is 3.53. The van der Waals surface area contributed by atoms with Crippen molar-refractivity contribution in [1.82, 2.24) is 10.3 Å². The molecule has 0 saturated heterocycles. The van der Waals surface area contributed by atoms with Crippen molar-refractivity contribution < 1.29 is 14.6 Å². The molecular weight excluding hydrogens is 232 g/mol. The molecular formula is C13H16N2O3. The molecule has 1 aromatic heterocycles. The summed E-state index contributed by atoms with van der Waals surface area (Å²) in [4.78, 5) is 13.9. The van der Waals surface area contributed by atoms with Crippen LogP contribution in [0.4, 0.5) is 0 Å². The number of aromatic nitrogens is 1. The minimum absolute atomic E-state index is 0.161. The van der Waals surface area contributed by atoms with Crippen molar-refractivity contribution in [2.24, 2.45) is 0 Å². The lowest BCUT2D eigenvalue weighted by molar-refractivity contribution is -0.119. The number of rotatable bonds is 4. The third kappa shape index (κ3) is 2.46. The molecule has 0 bridgehead atoms. The predicted octanol–water partition coefficient (Wildman–Crippen LogP) is 1.35. The molecule has 1 atom stereocenters. The maximum atomic E-state index is 10.8. The lowest BCUT2D eigenvalue weighted by Crippen LogP contribution is -2.25. The Labute approximate surface area is 105 Å². The second-order valence-electron chi connectivity index (χ2n) is 4.11. The van der Waals surface area contributed by atoms with E-state index in [0.717, 1.165) is 22.2 Å². The van der Waals surface area contributed by atoms with E-state index in [1.807, 2.05) is 18.2 Å². The second kappa shape index (κ2) is 5.10. The number of ether oxygens (including phenoxy) is 1. The summed E-state index contributed by atoms with van der Waals surface area (Å²) in [6.45, 7) is 1.62. The van der Waals surface area contributed by atoms with Crippen molar-refractivity contribution in [3.8, 4) is 5.75 Å². The highest BCUT2D eigenvalue weighted by molar-refractivity contribution is 5.85. The highest BCUT2D eigenvalue weighted by atomic mass is 16.5. The van der Waals surface area contributed by atoms with Crippen LogP contribution in [0.15, 0.2) is 24.4 Å². The first-order chi connectivity index (χ1) is 8.61. The lowest BCUT2D eigenvalue weighted by atomic mass is 10.1. The van der Waals surface area contributed by atoms with Crippen LogP contribution in [0.2, 0.25) is 0 Å². The molecule has 1 amide bonds. The van der Waals surface area contributed by atoms with E-state index in [0.29, 0.717) is 0 Å². The molecule has 1 heterocycles. The van der Waals surface area contributed by atoms with Gasteiger partial charge in [-0.1, -0.05) is 0 Å². The van der Waals surface area contributed by atoms with Gasteiger partial charge in [0.15, 0.2) is 0 Å². The van der Waals surface area contributed by atoms with Gasteiger partial charge in [-0.2, -0.15) is 0 Å². The van der Waals surface area contributed by atoms with Gasteiger partial charge in [0, 0.05) is 36.1 Å². The van der Waals surface area contributed by atoms with Crippen molar-refractivity contribution in [3.63, 3.8) is 0 Å². The van der Waals surface area contributed by atoms with Gasteiger partial charge in [-0.3, -0.25) is 4.79 Å². The van der Waals surface area contributed by atoms with E-state index in [2.05, 4.69) is 10.3 Å². The first-order valence-corrected chi connectivity index (χ1v) is 5.69. The summed E-state index contributed by atoms with van der Waals surface area (Å²) in [5.74, 6) is 0.571. The number of amides is 1. The number of aromatic amines is 1. The number of nitrogens with one attached hydrogen (secondary N) is 2. The summed E-state index contributed by atoms with van der Waals surface area (Å²) in [7, 11) is 1.60. The normalized spacial score (nSPS) is 12.4. The van der Waals surface area contributed by atoms with Gasteiger partial charge >= 0.3 is 0 Å². The number of hydrogen-bond donors (Lipinski definition) is 3. The van der Waals surface area contributed by atoms with Crippen LogP contribution in [-0.4, -0.2) is 29.7 Å². The molecule has 0 aliphatic heterocycles. The zero-order valence-electron chi connectivity index (χ0n) is 10.4. The predicted molar refractivity (Wildman–Crippen MR) is 68.5 cm³/mol. The first-order valence-electron chi connectivity index (χ1n) is 5.69. The highest BCUT2D eigenvalue weighted by Gasteiger charge is 2.13. The van der Waals surface area contributed by atoms with Gasteiger partial charge < -0.3 is 20.1 Å². The van der Waals surface area contributed by atoms with Crippen LogP contribution in [0.3, 0.4) is 0 Å². The molecule has 0 radical (unpaired) electrons. The number of methoxy groups -OCH3 is 1. The average Bonchev–Trinajstić information content (AvgIpc) is 2.78.